The first-order valence-corrected chi connectivity index (χ1v) is 11.4. The fraction of sp³-hybridized carbons (Fsp3) is 0.478. The molecule has 3 heterocycles. The molecule has 1 amide bonds. The Labute approximate surface area is 191 Å². The van der Waals surface area contributed by atoms with Crippen LogP contribution in [0.5, 0.6) is 11.5 Å². The van der Waals surface area contributed by atoms with Gasteiger partial charge < -0.3 is 14.8 Å². The van der Waals surface area contributed by atoms with Crippen LogP contribution in [0, 0.1) is 5.92 Å². The number of carbonyl (C=O) groups is 1. The first-order valence-electron chi connectivity index (χ1n) is 11.1. The largest absolute Gasteiger partial charge is 0.494 e. The van der Waals surface area contributed by atoms with Crippen molar-refractivity contribution >= 4 is 39.9 Å². The second-order valence-electron chi connectivity index (χ2n) is 8.33. The Kier molecular flexibility index (Phi) is 5.97. The van der Waals surface area contributed by atoms with Crippen LogP contribution in [0.15, 0.2) is 34.6 Å². The SMILES string of the molecule is COc1cc2cc3c(ncnc13)N=C1C(Cl)=CCCC1CN1CCCC1C(=O)NCCO2. The quantitative estimate of drug-likeness (QED) is 0.710. The van der Waals surface area contributed by atoms with E-state index in [4.69, 9.17) is 26.1 Å². The predicted octanol–water partition coefficient (Wildman–Crippen LogP) is 3.22. The Hall–Kier alpha value is -2.71. The van der Waals surface area contributed by atoms with Gasteiger partial charge in [0.15, 0.2) is 5.82 Å². The maximum absolute atomic E-state index is 12.9. The van der Waals surface area contributed by atoms with Crippen LogP contribution in [-0.2, 0) is 4.79 Å². The third kappa shape index (κ3) is 4.04. The Morgan fingerprint density at radius 1 is 1.28 bits per heavy atom. The maximum atomic E-state index is 12.9. The summed E-state index contributed by atoms with van der Waals surface area (Å²) in [7, 11) is 1.60. The minimum atomic E-state index is -0.127. The lowest BCUT2D eigenvalue weighted by atomic mass is 9.91. The number of fused-ring (bicyclic) bond motifs is 3. The molecule has 0 saturated carbocycles. The van der Waals surface area contributed by atoms with Gasteiger partial charge in [0.25, 0.3) is 0 Å². The van der Waals surface area contributed by atoms with E-state index in [1.165, 1.54) is 6.33 Å². The zero-order chi connectivity index (χ0) is 22.1. The minimum absolute atomic E-state index is 0.0547. The average Bonchev–Trinajstić information content (AvgIpc) is 3.26. The van der Waals surface area contributed by atoms with E-state index in [2.05, 4.69) is 20.2 Å². The van der Waals surface area contributed by atoms with Crippen LogP contribution in [-0.4, -0.2) is 65.9 Å². The first kappa shape index (κ1) is 21.2. The summed E-state index contributed by atoms with van der Waals surface area (Å²) in [5.41, 5.74) is 1.48. The minimum Gasteiger partial charge on any atom is -0.494 e. The molecule has 1 saturated heterocycles. The van der Waals surface area contributed by atoms with Crippen molar-refractivity contribution in [3.63, 3.8) is 0 Å². The number of hydrogen-bond donors (Lipinski definition) is 1. The molecule has 1 aromatic heterocycles. The van der Waals surface area contributed by atoms with Crippen LogP contribution in [0.2, 0.25) is 0 Å². The van der Waals surface area contributed by atoms with Crippen molar-refractivity contribution in [3.8, 4) is 11.5 Å². The molecule has 1 N–H and O–H groups in total. The summed E-state index contributed by atoms with van der Waals surface area (Å²) in [6.45, 7) is 2.42. The van der Waals surface area contributed by atoms with Crippen LogP contribution in [0.1, 0.15) is 25.7 Å². The summed E-state index contributed by atoms with van der Waals surface area (Å²) in [6.07, 6.45) is 7.20. The van der Waals surface area contributed by atoms with Crippen molar-refractivity contribution in [2.24, 2.45) is 10.9 Å². The monoisotopic (exact) mass is 455 g/mol. The topological polar surface area (TPSA) is 88.9 Å². The fourth-order valence-corrected chi connectivity index (χ4v) is 5.10. The van der Waals surface area contributed by atoms with Gasteiger partial charge in [-0.2, -0.15) is 0 Å². The van der Waals surface area contributed by atoms with E-state index in [1.807, 2.05) is 12.1 Å². The highest BCUT2D eigenvalue weighted by molar-refractivity contribution is 6.44. The number of allylic oxidation sites excluding steroid dienone is 2. The van der Waals surface area contributed by atoms with Gasteiger partial charge >= 0.3 is 0 Å². The molecule has 2 bridgehead atoms. The summed E-state index contributed by atoms with van der Waals surface area (Å²) in [5, 5.41) is 4.42. The Balaban J connectivity index is 1.64. The number of amides is 1. The van der Waals surface area contributed by atoms with E-state index in [-0.39, 0.29) is 17.9 Å². The third-order valence-corrected chi connectivity index (χ3v) is 6.71. The second-order valence-corrected chi connectivity index (χ2v) is 8.74. The molecule has 0 spiro atoms. The molecule has 1 aromatic carbocycles. The molecule has 32 heavy (non-hydrogen) atoms. The lowest BCUT2D eigenvalue weighted by Crippen LogP contribution is -2.46. The highest BCUT2D eigenvalue weighted by Crippen LogP contribution is 2.36. The summed E-state index contributed by atoms with van der Waals surface area (Å²) in [4.78, 5) is 28.9. The average molecular weight is 456 g/mol. The van der Waals surface area contributed by atoms with Gasteiger partial charge in [0.05, 0.1) is 35.8 Å². The first-order chi connectivity index (χ1) is 15.6. The Bertz CT molecular complexity index is 1100. The highest BCUT2D eigenvalue weighted by Gasteiger charge is 2.34. The van der Waals surface area contributed by atoms with Gasteiger partial charge in [0.1, 0.15) is 29.9 Å². The van der Waals surface area contributed by atoms with Crippen LogP contribution >= 0.6 is 11.6 Å². The molecule has 8 nitrogen and oxygen atoms in total. The zero-order valence-corrected chi connectivity index (χ0v) is 18.8. The van der Waals surface area contributed by atoms with E-state index >= 15 is 0 Å². The van der Waals surface area contributed by atoms with Gasteiger partial charge in [-0.25, -0.2) is 15.0 Å². The van der Waals surface area contributed by atoms with Gasteiger partial charge in [-0.15, -0.1) is 0 Å². The molecule has 1 fully saturated rings. The summed E-state index contributed by atoms with van der Waals surface area (Å²) < 4.78 is 11.5. The molecule has 2 aromatic rings. The van der Waals surface area contributed by atoms with Crippen LogP contribution in [0.4, 0.5) is 5.82 Å². The number of carbonyl (C=O) groups excluding carboxylic acids is 1. The Morgan fingerprint density at radius 3 is 3.06 bits per heavy atom. The molecule has 0 radical (unpaired) electrons. The Morgan fingerprint density at radius 2 is 2.19 bits per heavy atom. The van der Waals surface area contributed by atoms with Crippen molar-refractivity contribution in [2.45, 2.75) is 31.7 Å². The molecule has 1 aliphatic carbocycles. The number of rotatable bonds is 1. The maximum Gasteiger partial charge on any atom is 0.237 e. The lowest BCUT2D eigenvalue weighted by molar-refractivity contribution is -0.125. The molecular weight excluding hydrogens is 430 g/mol. The number of halogens is 1. The zero-order valence-electron chi connectivity index (χ0n) is 18.0. The molecule has 5 rings (SSSR count). The fourth-order valence-electron chi connectivity index (χ4n) is 4.79. The van der Waals surface area contributed by atoms with E-state index in [0.717, 1.165) is 49.9 Å². The lowest BCUT2D eigenvalue weighted by Gasteiger charge is -2.30. The number of ether oxygens (including phenoxy) is 2. The van der Waals surface area contributed by atoms with Crippen LogP contribution in [0.3, 0.4) is 0 Å². The second kappa shape index (κ2) is 9.03. The van der Waals surface area contributed by atoms with Crippen LogP contribution in [0.25, 0.3) is 10.9 Å². The number of aliphatic imine (C=N–C) groups is 1. The number of benzene rings is 1. The molecule has 168 valence electrons. The number of nitrogens with one attached hydrogen (secondary N) is 1. The normalized spacial score (nSPS) is 24.4. The van der Waals surface area contributed by atoms with E-state index < -0.39 is 0 Å². The van der Waals surface area contributed by atoms with Gasteiger partial charge in [-0.1, -0.05) is 17.7 Å². The van der Waals surface area contributed by atoms with Gasteiger partial charge in [-0.05, 0) is 38.3 Å². The van der Waals surface area contributed by atoms with Crippen molar-refractivity contribution in [2.75, 3.05) is 33.4 Å². The summed E-state index contributed by atoms with van der Waals surface area (Å²) in [5.74, 6) is 1.90. The van der Waals surface area contributed by atoms with E-state index in [1.54, 1.807) is 13.2 Å². The predicted molar refractivity (Wildman–Crippen MR) is 123 cm³/mol. The molecule has 3 aliphatic rings. The summed E-state index contributed by atoms with van der Waals surface area (Å²) >= 11 is 6.66. The van der Waals surface area contributed by atoms with E-state index in [9.17, 15) is 4.79 Å². The van der Waals surface area contributed by atoms with Gasteiger partial charge in [0.2, 0.25) is 5.91 Å². The standard InChI is InChI=1S/C23H26ClN5O3/c1-31-19-11-15-10-16-21(19)26-13-27-22(16)28-20-14(4-2-5-17(20)24)12-29-8-3-6-18(29)23(30)25-7-9-32-15/h5,10-11,13-14,18H,2-4,6-9,12H2,1H3,(H,25,30). The number of hydrogen-bond acceptors (Lipinski definition) is 7. The van der Waals surface area contributed by atoms with Gasteiger partial charge in [0, 0.05) is 18.5 Å². The molecule has 2 atom stereocenters. The van der Waals surface area contributed by atoms with Crippen molar-refractivity contribution in [3.05, 3.63) is 29.6 Å². The number of nitrogens with zero attached hydrogens (tertiary/aromatic N) is 4. The van der Waals surface area contributed by atoms with Crippen molar-refractivity contribution in [1.29, 1.82) is 0 Å². The van der Waals surface area contributed by atoms with Crippen molar-refractivity contribution < 1.29 is 14.3 Å². The molecule has 2 unspecified atom stereocenters. The number of methoxy groups -OCH3 is 1. The highest BCUT2D eigenvalue weighted by atomic mass is 35.5. The molecule has 9 heteroatoms. The van der Waals surface area contributed by atoms with Gasteiger partial charge in [-0.3, -0.25) is 9.69 Å². The smallest absolute Gasteiger partial charge is 0.237 e. The van der Waals surface area contributed by atoms with Crippen molar-refractivity contribution in [1.82, 2.24) is 20.2 Å². The third-order valence-electron chi connectivity index (χ3n) is 6.36. The van der Waals surface area contributed by atoms with E-state index in [0.29, 0.717) is 41.0 Å². The van der Waals surface area contributed by atoms with Crippen LogP contribution < -0.4 is 14.8 Å². The summed E-state index contributed by atoms with van der Waals surface area (Å²) in [6, 6.07) is 3.53. The molecule has 2 aliphatic heterocycles. The molecular formula is C23H26ClN5O3. The number of aromatic nitrogens is 2.